The fraction of sp³-hybridized carbons (Fsp3) is 0.259. The maximum Gasteiger partial charge on any atom is 0.414 e. The Morgan fingerprint density at radius 2 is 1.59 bits per heavy atom. The highest BCUT2D eigenvalue weighted by Crippen LogP contribution is 2.34. The number of fused-ring (bicyclic) bond motifs is 1. The van der Waals surface area contributed by atoms with Crippen molar-refractivity contribution in [3.63, 3.8) is 0 Å². The normalized spacial score (nSPS) is 16.1. The minimum Gasteiger partial charge on any atom is -0.481 e. The predicted octanol–water partition coefficient (Wildman–Crippen LogP) is 1.83. The third kappa shape index (κ3) is 6.40. The van der Waals surface area contributed by atoms with E-state index in [4.69, 9.17) is 10.8 Å². The molecule has 2 aliphatic heterocycles. The Bertz CT molecular complexity index is 1360. The number of carboxylic acids is 2. The van der Waals surface area contributed by atoms with Gasteiger partial charge in [-0.1, -0.05) is 54.6 Å². The van der Waals surface area contributed by atoms with E-state index in [0.717, 1.165) is 16.7 Å². The van der Waals surface area contributed by atoms with E-state index in [9.17, 15) is 29.1 Å². The number of primary amides is 1. The molecule has 1 fully saturated rings. The zero-order valence-corrected chi connectivity index (χ0v) is 20.9. The van der Waals surface area contributed by atoms with Gasteiger partial charge < -0.3 is 31.0 Å². The number of rotatable bonds is 11. The molecule has 0 saturated carbocycles. The van der Waals surface area contributed by atoms with E-state index >= 15 is 0 Å². The zero-order valence-electron chi connectivity index (χ0n) is 20.9. The highest BCUT2D eigenvalue weighted by Gasteiger charge is 2.47. The minimum absolute atomic E-state index is 0.183. The fourth-order valence-electron chi connectivity index (χ4n) is 4.74. The number of amides is 3. The molecule has 4 rings (SSSR count). The van der Waals surface area contributed by atoms with E-state index < -0.39 is 55.4 Å². The molecule has 12 heteroatoms. The Morgan fingerprint density at radius 1 is 0.949 bits per heavy atom. The molecule has 0 aliphatic carbocycles. The van der Waals surface area contributed by atoms with Crippen molar-refractivity contribution < 1.29 is 34.2 Å². The summed E-state index contributed by atoms with van der Waals surface area (Å²) in [6.07, 6.45) is 0.967. The molecule has 5 N–H and O–H groups in total. The molecule has 2 aromatic carbocycles. The molecule has 0 spiro atoms. The van der Waals surface area contributed by atoms with Crippen LogP contribution in [0.15, 0.2) is 71.3 Å². The molecule has 2 heterocycles. The maximum absolute atomic E-state index is 13.3. The average Bonchev–Trinajstić information content (AvgIpc) is 3.30. The number of hydrogen-bond acceptors (Lipinski definition) is 6. The summed E-state index contributed by atoms with van der Waals surface area (Å²) in [5, 5.41) is 20.9. The number of carbonyl (C=O) groups excluding carboxylic acids is 3. The van der Waals surface area contributed by atoms with Gasteiger partial charge in [-0.05, 0) is 35.6 Å². The van der Waals surface area contributed by atoms with E-state index in [1.807, 2.05) is 54.6 Å². The molecule has 11 nitrogen and oxygen atoms in total. The number of aliphatic carboxylic acids is 2. The lowest BCUT2D eigenvalue weighted by Crippen LogP contribution is -2.52. The molecular weight excluding hydrogens is 503 g/mol. The zero-order chi connectivity index (χ0) is 28.1. The van der Waals surface area contributed by atoms with Gasteiger partial charge >= 0.3 is 18.9 Å². The van der Waals surface area contributed by atoms with Crippen LogP contribution in [-0.4, -0.2) is 63.4 Å². The number of hydrogen-bond donors (Lipinski definition) is 4. The Kier molecular flexibility index (Phi) is 8.23. The van der Waals surface area contributed by atoms with Crippen molar-refractivity contribution in [1.29, 1.82) is 0 Å². The van der Waals surface area contributed by atoms with E-state index in [-0.39, 0.29) is 18.7 Å². The number of carbonyl (C=O) groups is 5. The van der Waals surface area contributed by atoms with Gasteiger partial charge in [0.25, 0.3) is 0 Å². The van der Waals surface area contributed by atoms with Gasteiger partial charge in [0.05, 0.1) is 17.9 Å². The largest absolute Gasteiger partial charge is 0.481 e. The van der Waals surface area contributed by atoms with E-state index in [2.05, 4.69) is 10.2 Å². The molecule has 0 bridgehead atoms. The average molecular weight is 530 g/mol. The molecule has 3 amide bonds. The second-order valence-corrected chi connectivity index (χ2v) is 9.37. The monoisotopic (exact) mass is 530 g/mol. The molecule has 1 saturated heterocycles. The van der Waals surface area contributed by atoms with Crippen LogP contribution in [0.5, 0.6) is 0 Å². The van der Waals surface area contributed by atoms with Crippen LogP contribution in [0.25, 0.3) is 11.1 Å². The molecular formula is C27H27BN4O7. The van der Waals surface area contributed by atoms with Crippen LogP contribution < -0.4 is 11.1 Å². The predicted molar refractivity (Wildman–Crippen MR) is 142 cm³/mol. The van der Waals surface area contributed by atoms with Crippen LogP contribution in [0.2, 0.25) is 5.82 Å². The van der Waals surface area contributed by atoms with E-state index in [1.54, 1.807) is 6.08 Å². The van der Waals surface area contributed by atoms with Crippen molar-refractivity contribution >= 4 is 42.4 Å². The molecule has 2 aliphatic rings. The van der Waals surface area contributed by atoms with Crippen molar-refractivity contribution in [3.05, 3.63) is 71.9 Å². The molecule has 0 radical (unpaired) electrons. The van der Waals surface area contributed by atoms with Crippen LogP contribution in [0.1, 0.15) is 37.7 Å². The molecule has 2 atom stereocenters. The lowest BCUT2D eigenvalue weighted by Gasteiger charge is -2.32. The first-order valence-corrected chi connectivity index (χ1v) is 12.4. The fourth-order valence-corrected chi connectivity index (χ4v) is 4.74. The lowest BCUT2D eigenvalue weighted by atomic mass is 9.58. The molecule has 1 unspecified atom stereocenters. The van der Waals surface area contributed by atoms with Crippen molar-refractivity contribution in [2.24, 2.45) is 10.6 Å². The summed E-state index contributed by atoms with van der Waals surface area (Å²) in [5.41, 5.74) is 9.18. The molecule has 200 valence electrons. The van der Waals surface area contributed by atoms with Crippen molar-refractivity contribution in [2.75, 3.05) is 0 Å². The summed E-state index contributed by atoms with van der Waals surface area (Å²) < 4.78 is 0. The summed E-state index contributed by atoms with van der Waals surface area (Å²) in [7, 11) is 0. The Hall–Kier alpha value is -4.74. The standard InChI is InChI=1S/C27H27BN4O7/c29-26(38)21(11-13-24(34)35)30-27(39)20(15-25(36)37)28-31-22(14-19-10-12-23(33)32(19)28)18-8-6-17(7-9-18)16-4-2-1-3-5-16/h1-9,14,20-21H,10-13,15H2,(H2,29,38)(H,30,39)(H,34,35)(H,36,37)/t20?,21-/m0/s1. The van der Waals surface area contributed by atoms with Gasteiger partial charge in [-0.15, -0.1) is 0 Å². The first-order chi connectivity index (χ1) is 18.6. The van der Waals surface area contributed by atoms with E-state index in [1.165, 1.54) is 4.81 Å². The smallest absolute Gasteiger partial charge is 0.414 e. The highest BCUT2D eigenvalue weighted by atomic mass is 16.4. The first kappa shape index (κ1) is 27.3. The van der Waals surface area contributed by atoms with Gasteiger partial charge in [-0.25, -0.2) is 0 Å². The summed E-state index contributed by atoms with van der Waals surface area (Å²) in [4.78, 5) is 66.7. The number of benzene rings is 2. The summed E-state index contributed by atoms with van der Waals surface area (Å²) in [6.45, 7) is -1.17. The van der Waals surface area contributed by atoms with Crippen molar-refractivity contribution in [1.82, 2.24) is 10.1 Å². The Balaban J connectivity index is 1.67. The Labute approximate surface area is 224 Å². The van der Waals surface area contributed by atoms with Gasteiger partial charge in [-0.2, -0.15) is 0 Å². The molecule has 0 aromatic heterocycles. The third-order valence-electron chi connectivity index (χ3n) is 6.70. The van der Waals surface area contributed by atoms with E-state index in [0.29, 0.717) is 17.8 Å². The number of nitrogens with one attached hydrogen (secondary N) is 1. The van der Waals surface area contributed by atoms with Gasteiger partial charge in [0.15, 0.2) is 0 Å². The van der Waals surface area contributed by atoms with Crippen LogP contribution in [0, 0.1) is 0 Å². The first-order valence-electron chi connectivity index (χ1n) is 12.4. The summed E-state index contributed by atoms with van der Waals surface area (Å²) in [5.74, 6) is -5.96. The molecule has 39 heavy (non-hydrogen) atoms. The minimum atomic E-state index is -1.36. The summed E-state index contributed by atoms with van der Waals surface area (Å²) in [6, 6.07) is 16.0. The van der Waals surface area contributed by atoms with Gasteiger partial charge in [-0.3, -0.25) is 24.0 Å². The SMILES string of the molecule is NC(=O)[C@H](CCC(=O)O)NC(=O)C(CC(=O)O)B1N=C(c2ccc(-c3ccccc3)cc2)C=C2CCC(=O)N12. The second-order valence-electron chi connectivity index (χ2n) is 9.37. The topological polar surface area (TPSA) is 179 Å². The van der Waals surface area contributed by atoms with Crippen molar-refractivity contribution in [2.45, 2.75) is 44.0 Å². The maximum atomic E-state index is 13.3. The van der Waals surface area contributed by atoms with Crippen LogP contribution in [0.4, 0.5) is 0 Å². The van der Waals surface area contributed by atoms with Crippen LogP contribution in [-0.2, 0) is 24.0 Å². The number of nitrogens with zero attached hydrogens (tertiary/aromatic N) is 2. The number of allylic oxidation sites excluding steroid dienone is 2. The van der Waals surface area contributed by atoms with Gasteiger partial charge in [0, 0.05) is 18.5 Å². The quantitative estimate of drug-likeness (QED) is 0.320. The molecule has 2 aromatic rings. The third-order valence-corrected chi connectivity index (χ3v) is 6.70. The second kappa shape index (κ2) is 11.8. The number of nitrogens with two attached hydrogens (primary N) is 1. The van der Waals surface area contributed by atoms with Crippen LogP contribution >= 0.6 is 0 Å². The highest BCUT2D eigenvalue weighted by molar-refractivity contribution is 6.66. The Morgan fingerprint density at radius 3 is 2.21 bits per heavy atom. The van der Waals surface area contributed by atoms with Crippen LogP contribution in [0.3, 0.4) is 0 Å². The van der Waals surface area contributed by atoms with Crippen molar-refractivity contribution in [3.8, 4) is 11.1 Å². The van der Waals surface area contributed by atoms with Gasteiger partial charge in [0.2, 0.25) is 17.7 Å². The van der Waals surface area contributed by atoms with Gasteiger partial charge in [0.1, 0.15) is 6.04 Å². The lowest BCUT2D eigenvalue weighted by molar-refractivity contribution is -0.139. The number of carboxylic acid groups (broad SMARTS) is 2. The summed E-state index contributed by atoms with van der Waals surface area (Å²) >= 11 is 0.